The van der Waals surface area contributed by atoms with Gasteiger partial charge < -0.3 is 4.57 Å². The molecule has 2 aromatic heterocycles. The van der Waals surface area contributed by atoms with Gasteiger partial charge in [0.05, 0.1) is 11.9 Å². The number of aryl methyl sites for hydroxylation is 1. The molecule has 0 unspecified atom stereocenters. The van der Waals surface area contributed by atoms with E-state index in [1.807, 2.05) is 35.9 Å². The Hall–Kier alpha value is -2.22. The molecule has 4 nitrogen and oxygen atoms in total. The van der Waals surface area contributed by atoms with E-state index in [2.05, 4.69) is 96.1 Å². The van der Waals surface area contributed by atoms with Crippen LogP contribution in [0.15, 0.2) is 74.0 Å². The highest BCUT2D eigenvalue weighted by molar-refractivity contribution is 9.10. The molecule has 1 N–H and O–H groups in total. The summed E-state index contributed by atoms with van der Waals surface area (Å²) >= 11 is 8.48. The first kappa shape index (κ1) is 20.1. The van der Waals surface area contributed by atoms with Crippen molar-refractivity contribution in [3.63, 3.8) is 0 Å². The van der Waals surface area contributed by atoms with Gasteiger partial charge in [0.25, 0.3) is 0 Å². The lowest BCUT2D eigenvalue weighted by molar-refractivity contribution is 0.964. The minimum atomic E-state index is 0.765. The molecule has 0 aliphatic rings. The first-order valence-corrected chi connectivity index (χ1v) is 11.4. The molecule has 0 radical (unpaired) electrons. The first-order chi connectivity index (χ1) is 14.0. The minimum Gasteiger partial charge on any atom is -0.318 e. The van der Waals surface area contributed by atoms with Crippen molar-refractivity contribution < 1.29 is 0 Å². The van der Waals surface area contributed by atoms with E-state index in [9.17, 15) is 0 Å². The van der Waals surface area contributed by atoms with E-state index in [4.69, 9.17) is 0 Å². The lowest BCUT2D eigenvalue weighted by Gasteiger charge is -2.09. The van der Waals surface area contributed by atoms with Gasteiger partial charge in [-0.2, -0.15) is 5.10 Å². The molecule has 0 spiro atoms. The van der Waals surface area contributed by atoms with Gasteiger partial charge >= 0.3 is 0 Å². The normalized spacial score (nSPS) is 11.3. The zero-order chi connectivity index (χ0) is 20.4. The highest BCUT2D eigenvalue weighted by Gasteiger charge is 2.09. The van der Waals surface area contributed by atoms with Crippen LogP contribution in [0.2, 0.25) is 0 Å². The number of hydrogen-bond donors (Lipinski definition) is 1. The SMILES string of the molecule is Cc1cc(/C=N/Nc2nc(-c3ccc(Br)cc3)cs2)c(C)n1-c1ccc(Br)cc1. The van der Waals surface area contributed by atoms with Crippen LogP contribution < -0.4 is 5.43 Å². The fourth-order valence-electron chi connectivity index (χ4n) is 3.14. The number of thiazole rings is 1. The second-order valence-electron chi connectivity index (χ2n) is 6.55. The molecule has 0 saturated heterocycles. The number of hydrazone groups is 1. The van der Waals surface area contributed by atoms with Gasteiger partial charge in [-0.05, 0) is 56.3 Å². The fourth-order valence-corrected chi connectivity index (χ4v) is 4.34. The van der Waals surface area contributed by atoms with Crippen LogP contribution in [0, 0.1) is 13.8 Å². The molecule has 29 heavy (non-hydrogen) atoms. The summed E-state index contributed by atoms with van der Waals surface area (Å²) in [4.78, 5) is 4.61. The van der Waals surface area contributed by atoms with Crippen molar-refractivity contribution in [3.8, 4) is 16.9 Å². The lowest BCUT2D eigenvalue weighted by Crippen LogP contribution is -1.99. The molecule has 7 heteroatoms. The third-order valence-corrected chi connectivity index (χ3v) is 6.37. The molecule has 2 heterocycles. The monoisotopic (exact) mass is 528 g/mol. The number of hydrogen-bond acceptors (Lipinski definition) is 4. The van der Waals surface area contributed by atoms with Gasteiger partial charge in [-0.15, -0.1) is 11.3 Å². The number of nitrogens with zero attached hydrogens (tertiary/aromatic N) is 3. The molecule has 0 bridgehead atoms. The van der Waals surface area contributed by atoms with E-state index in [1.54, 1.807) is 0 Å². The molecule has 4 rings (SSSR count). The van der Waals surface area contributed by atoms with Crippen LogP contribution in [0.25, 0.3) is 16.9 Å². The molecule has 0 fully saturated rings. The van der Waals surface area contributed by atoms with E-state index in [1.165, 1.54) is 11.3 Å². The van der Waals surface area contributed by atoms with E-state index in [0.29, 0.717) is 0 Å². The molecule has 0 atom stereocenters. The zero-order valence-corrected chi connectivity index (χ0v) is 19.8. The molecular formula is C22H18Br2N4S. The Morgan fingerprint density at radius 3 is 2.34 bits per heavy atom. The number of nitrogens with one attached hydrogen (secondary N) is 1. The maximum absolute atomic E-state index is 4.61. The van der Waals surface area contributed by atoms with Crippen LogP contribution in [0.3, 0.4) is 0 Å². The topological polar surface area (TPSA) is 42.2 Å². The van der Waals surface area contributed by atoms with Crippen LogP contribution in [-0.2, 0) is 0 Å². The summed E-state index contributed by atoms with van der Waals surface area (Å²) in [6.07, 6.45) is 1.85. The average molecular weight is 530 g/mol. The Labute approximate surface area is 190 Å². The van der Waals surface area contributed by atoms with Gasteiger partial charge in [-0.1, -0.05) is 44.0 Å². The van der Waals surface area contributed by atoms with E-state index < -0.39 is 0 Å². The predicted octanol–water partition coefficient (Wildman–Crippen LogP) is 7.19. The van der Waals surface area contributed by atoms with E-state index in [0.717, 1.165) is 48.0 Å². The molecule has 0 saturated carbocycles. The second-order valence-corrected chi connectivity index (χ2v) is 9.24. The molecule has 2 aromatic carbocycles. The number of halogens is 2. The molecule has 146 valence electrons. The zero-order valence-electron chi connectivity index (χ0n) is 15.9. The predicted molar refractivity (Wildman–Crippen MR) is 129 cm³/mol. The maximum atomic E-state index is 4.61. The van der Waals surface area contributed by atoms with Gasteiger partial charge in [0.1, 0.15) is 0 Å². The van der Waals surface area contributed by atoms with Crippen LogP contribution in [0.4, 0.5) is 5.13 Å². The summed E-state index contributed by atoms with van der Waals surface area (Å²) in [7, 11) is 0. The van der Waals surface area contributed by atoms with Crippen LogP contribution in [0.1, 0.15) is 17.0 Å². The van der Waals surface area contributed by atoms with Crippen LogP contribution >= 0.6 is 43.2 Å². The van der Waals surface area contributed by atoms with Gasteiger partial charge in [0.15, 0.2) is 0 Å². The highest BCUT2D eigenvalue weighted by Crippen LogP contribution is 2.26. The maximum Gasteiger partial charge on any atom is 0.203 e. The van der Waals surface area contributed by atoms with Crippen molar-refractivity contribution in [3.05, 3.63) is 85.9 Å². The third-order valence-electron chi connectivity index (χ3n) is 4.56. The van der Waals surface area contributed by atoms with Crippen LogP contribution in [-0.4, -0.2) is 15.8 Å². The number of benzene rings is 2. The Morgan fingerprint density at radius 2 is 1.66 bits per heavy atom. The summed E-state index contributed by atoms with van der Waals surface area (Å²) < 4.78 is 4.35. The minimum absolute atomic E-state index is 0.765. The van der Waals surface area contributed by atoms with Crippen molar-refractivity contribution in [2.45, 2.75) is 13.8 Å². The smallest absolute Gasteiger partial charge is 0.203 e. The quantitative estimate of drug-likeness (QED) is 0.219. The number of aromatic nitrogens is 2. The summed E-state index contributed by atoms with van der Waals surface area (Å²) in [6, 6.07) is 18.6. The number of rotatable bonds is 5. The Balaban J connectivity index is 1.50. The van der Waals surface area contributed by atoms with Gasteiger partial charge in [-0.3, -0.25) is 5.43 Å². The summed E-state index contributed by atoms with van der Waals surface area (Å²) in [6.45, 7) is 4.20. The lowest BCUT2D eigenvalue weighted by atomic mass is 10.2. The summed E-state index contributed by atoms with van der Waals surface area (Å²) in [5.74, 6) is 0. The van der Waals surface area contributed by atoms with Crippen molar-refractivity contribution >= 4 is 54.5 Å². The average Bonchev–Trinajstić information content (AvgIpc) is 3.28. The van der Waals surface area contributed by atoms with Crippen molar-refractivity contribution in [1.29, 1.82) is 0 Å². The molecule has 0 aliphatic heterocycles. The summed E-state index contributed by atoms with van der Waals surface area (Å²) in [5, 5.41) is 7.19. The fraction of sp³-hybridized carbons (Fsp3) is 0.0909. The Morgan fingerprint density at radius 1 is 1.00 bits per heavy atom. The molecule has 0 aliphatic carbocycles. The second kappa shape index (κ2) is 8.65. The van der Waals surface area contributed by atoms with Gasteiger partial charge in [0, 0.05) is 42.5 Å². The highest BCUT2D eigenvalue weighted by atomic mass is 79.9. The largest absolute Gasteiger partial charge is 0.318 e. The van der Waals surface area contributed by atoms with Crippen molar-refractivity contribution in [2.75, 3.05) is 5.43 Å². The molecule has 0 amide bonds. The first-order valence-electron chi connectivity index (χ1n) is 8.97. The molecule has 4 aromatic rings. The van der Waals surface area contributed by atoms with Crippen LogP contribution in [0.5, 0.6) is 0 Å². The van der Waals surface area contributed by atoms with Crippen molar-refractivity contribution in [1.82, 2.24) is 9.55 Å². The Kier molecular flexibility index (Phi) is 5.99. The van der Waals surface area contributed by atoms with Gasteiger partial charge in [-0.25, -0.2) is 4.98 Å². The number of anilines is 1. The summed E-state index contributed by atoms with van der Waals surface area (Å²) in [5.41, 5.74) is 9.59. The Bertz CT molecular complexity index is 1160. The van der Waals surface area contributed by atoms with E-state index in [-0.39, 0.29) is 0 Å². The van der Waals surface area contributed by atoms with E-state index >= 15 is 0 Å². The van der Waals surface area contributed by atoms with Gasteiger partial charge in [0.2, 0.25) is 5.13 Å². The van der Waals surface area contributed by atoms with Crippen molar-refractivity contribution in [2.24, 2.45) is 5.10 Å². The standard InChI is InChI=1S/C22H18Br2N4S/c1-14-11-17(15(2)28(14)20-9-7-19(24)8-10-20)12-25-27-22-26-21(13-29-22)16-3-5-18(23)6-4-16/h3-13H,1-2H3,(H,26,27)/b25-12+. The molecular weight excluding hydrogens is 512 g/mol. The third kappa shape index (κ3) is 4.52.